The van der Waals surface area contributed by atoms with Gasteiger partial charge >= 0.3 is 5.97 Å². The van der Waals surface area contributed by atoms with Crippen LogP contribution in [-0.4, -0.2) is 170 Å². The molecule has 3 heterocycles. The Hall–Kier alpha value is -9.16. The number of nitrogens with zero attached hydrogens (tertiary/aromatic N) is 2. The predicted molar refractivity (Wildman–Crippen MR) is 302 cm³/mol. The second kappa shape index (κ2) is 29.0. The number of aromatic amines is 1. The smallest absolute Gasteiger partial charge is 0.326 e. The number of aliphatic hydroxyl groups excluding tert-OH is 1. The summed E-state index contributed by atoms with van der Waals surface area (Å²) in [6.07, 6.45) is 3.11. The fourth-order valence-electron chi connectivity index (χ4n) is 10.2. The molecule has 0 aliphatic carbocycles. The van der Waals surface area contributed by atoms with Crippen LogP contribution in [0.1, 0.15) is 61.8 Å². The molecule has 5 aromatic rings. The number of rotatable bonds is 26. The number of benzene rings is 4. The number of likely N-dealkylation sites (tertiary alicyclic amines) is 2. The summed E-state index contributed by atoms with van der Waals surface area (Å²) in [5.74, 6) is -7.98. The summed E-state index contributed by atoms with van der Waals surface area (Å²) in [6.45, 7) is 1.62. The van der Waals surface area contributed by atoms with Gasteiger partial charge < -0.3 is 73.1 Å². The van der Waals surface area contributed by atoms with Gasteiger partial charge in [0.25, 0.3) is 0 Å². The van der Waals surface area contributed by atoms with Crippen LogP contribution in [0.4, 0.5) is 0 Å². The summed E-state index contributed by atoms with van der Waals surface area (Å²) in [5, 5.41) is 48.6. The van der Waals surface area contributed by atoms with E-state index in [1.807, 2.05) is 36.4 Å². The van der Waals surface area contributed by atoms with Gasteiger partial charge in [-0.1, -0.05) is 91.0 Å². The van der Waals surface area contributed by atoms with Gasteiger partial charge in [0.15, 0.2) is 0 Å². The number of para-hydroxylation sites is 1. The fourth-order valence-corrected chi connectivity index (χ4v) is 10.2. The number of aliphatic carboxylic acids is 1. The third-order valence-electron chi connectivity index (χ3n) is 14.7. The first-order valence-electron chi connectivity index (χ1n) is 27.5. The highest BCUT2D eigenvalue weighted by atomic mass is 16.4. The van der Waals surface area contributed by atoms with Gasteiger partial charge in [0, 0.05) is 49.5 Å². The first-order valence-corrected chi connectivity index (χ1v) is 27.5. The number of carbonyl (C=O) groups is 10. The van der Waals surface area contributed by atoms with Crippen LogP contribution in [-0.2, 0) is 73.6 Å². The van der Waals surface area contributed by atoms with Crippen LogP contribution >= 0.6 is 0 Å². The first kappa shape index (κ1) is 61.5. The number of nitrogens with one attached hydrogen (secondary N) is 8. The highest BCUT2D eigenvalue weighted by molar-refractivity contribution is 5.98. The lowest BCUT2D eigenvalue weighted by Crippen LogP contribution is -2.59. The van der Waals surface area contributed by atoms with Crippen molar-refractivity contribution in [3.63, 3.8) is 0 Å². The van der Waals surface area contributed by atoms with Crippen molar-refractivity contribution in [3.05, 3.63) is 138 Å². The third kappa shape index (κ3) is 16.7. The number of nitrogens with two attached hydrogens (primary N) is 1. The van der Waals surface area contributed by atoms with Crippen molar-refractivity contribution >= 4 is 70.0 Å². The van der Waals surface area contributed by atoms with Crippen LogP contribution in [0.2, 0.25) is 0 Å². The Labute approximate surface area is 478 Å². The summed E-state index contributed by atoms with van der Waals surface area (Å²) in [7, 11) is 0. The molecule has 9 amide bonds. The zero-order valence-corrected chi connectivity index (χ0v) is 46.0. The Balaban J connectivity index is 0.939. The van der Waals surface area contributed by atoms with E-state index in [2.05, 4.69) is 42.2 Å². The molecule has 83 heavy (non-hydrogen) atoms. The van der Waals surface area contributed by atoms with E-state index in [4.69, 9.17) is 5.73 Å². The van der Waals surface area contributed by atoms with Crippen molar-refractivity contribution in [2.45, 2.75) is 120 Å². The molecule has 13 N–H and O–H groups in total. The molecule has 2 aliphatic rings. The van der Waals surface area contributed by atoms with E-state index in [-0.39, 0.29) is 50.3 Å². The van der Waals surface area contributed by atoms with Gasteiger partial charge in [-0.3, -0.25) is 43.2 Å². The van der Waals surface area contributed by atoms with E-state index >= 15 is 0 Å². The Morgan fingerprint density at radius 3 is 1.71 bits per heavy atom. The van der Waals surface area contributed by atoms with Crippen LogP contribution in [0.5, 0.6) is 5.75 Å². The lowest BCUT2D eigenvalue weighted by molar-refractivity contribution is -0.142. The van der Waals surface area contributed by atoms with Gasteiger partial charge in [0.05, 0.1) is 19.2 Å². The summed E-state index contributed by atoms with van der Waals surface area (Å²) < 4.78 is 0. The van der Waals surface area contributed by atoms with E-state index in [9.17, 15) is 63.3 Å². The van der Waals surface area contributed by atoms with Crippen molar-refractivity contribution in [2.24, 2.45) is 5.73 Å². The van der Waals surface area contributed by atoms with E-state index in [0.717, 1.165) is 16.5 Å². The highest BCUT2D eigenvalue weighted by Crippen LogP contribution is 2.23. The van der Waals surface area contributed by atoms with Gasteiger partial charge in [-0.2, -0.15) is 0 Å². The maximum Gasteiger partial charge on any atom is 0.326 e. The molecule has 0 spiro atoms. The quantitative estimate of drug-likeness (QED) is 0.0335. The van der Waals surface area contributed by atoms with Crippen molar-refractivity contribution in [1.82, 2.24) is 52.0 Å². The Morgan fingerprint density at radius 1 is 0.566 bits per heavy atom. The zero-order valence-electron chi connectivity index (χ0n) is 46.0. The van der Waals surface area contributed by atoms with Crippen LogP contribution in [0.3, 0.4) is 0 Å². The molecule has 0 radical (unpaired) electrons. The number of aliphatic hydroxyl groups is 1. The minimum absolute atomic E-state index is 0.0365. The summed E-state index contributed by atoms with van der Waals surface area (Å²) >= 11 is 0. The average molecular weight is 1140 g/mol. The molecule has 0 saturated carbocycles. The molecular formula is C59H71N11O13. The lowest BCUT2D eigenvalue weighted by atomic mass is 10.0. The number of phenolic OH excluding ortho intramolecular Hbond substituents is 1. The number of amides is 9. The number of carbonyl (C=O) groups excluding carboxylic acids is 9. The summed E-state index contributed by atoms with van der Waals surface area (Å²) in [6, 6.07) is 19.9. The molecular weight excluding hydrogens is 1070 g/mol. The van der Waals surface area contributed by atoms with Crippen LogP contribution in [0, 0.1) is 0 Å². The molecule has 24 heteroatoms. The number of hydrogen-bond donors (Lipinski definition) is 12. The maximum absolute atomic E-state index is 14.1. The zero-order chi connectivity index (χ0) is 59.7. The molecule has 24 nitrogen and oxygen atoms in total. The molecule has 0 bridgehead atoms. The van der Waals surface area contributed by atoms with Gasteiger partial charge in [0.1, 0.15) is 54.1 Å². The molecule has 0 unspecified atom stereocenters. The monoisotopic (exact) mass is 1140 g/mol. The van der Waals surface area contributed by atoms with Gasteiger partial charge in [-0.05, 0) is 86.4 Å². The first-order chi connectivity index (χ1) is 39.8. The molecule has 1 aromatic heterocycles. The van der Waals surface area contributed by atoms with Crippen molar-refractivity contribution < 1.29 is 63.3 Å². The molecule has 2 fully saturated rings. The summed E-state index contributed by atoms with van der Waals surface area (Å²) in [4.78, 5) is 141. The molecule has 7 rings (SSSR count). The molecule has 2 aliphatic heterocycles. The van der Waals surface area contributed by atoms with E-state index in [0.29, 0.717) is 42.5 Å². The number of H-pyrrole nitrogens is 1. The number of aromatic hydroxyl groups is 1. The largest absolute Gasteiger partial charge is 0.508 e. The maximum atomic E-state index is 14.1. The normalized spacial score (nSPS) is 17.3. The van der Waals surface area contributed by atoms with Crippen LogP contribution < -0.4 is 43.0 Å². The predicted octanol–water partition coefficient (Wildman–Crippen LogP) is -0.405. The van der Waals surface area contributed by atoms with Gasteiger partial charge in [-0.15, -0.1) is 0 Å². The standard InChI is InChI=1S/C59H71N11O13/c1-34(63-55(78)48-19-12-26-70(48)58(81)42(60)27-36-13-5-3-6-14-36)51(74)64-35(2)57(80)69-25-11-20-49(69)56(79)66-44(28-37-15-7-4-8-16-37)53(76)68-47(33-71)52(75)62-32-50(73)65-45(30-39-31-61-43-18-10-9-17-41(39)43)54(77)67-46(59(82)83)29-38-21-23-40(72)24-22-38/h3-10,13-18,21-24,31,34-35,42,44-49,61,71-72H,11-12,19-20,25-30,32-33,60H2,1-2H3,(H,62,75)(H,63,78)(H,64,74)(H,65,73)(H,66,79)(H,67,77)(H,68,76)(H,82,83)/t34-,35-,42-,44-,45-,46-,47-,48-,49-/m0/s1. The van der Waals surface area contributed by atoms with Crippen molar-refractivity contribution in [3.8, 4) is 5.75 Å². The Bertz CT molecular complexity index is 3120. The fraction of sp³-hybridized carbons (Fsp3) is 0.390. The third-order valence-corrected chi connectivity index (χ3v) is 14.7. The number of aromatic nitrogens is 1. The topological polar surface area (TPSA) is 364 Å². The van der Waals surface area contributed by atoms with E-state index < -0.39 is 121 Å². The average Bonchev–Trinajstić information content (AvgIpc) is 4.42. The van der Waals surface area contributed by atoms with Crippen LogP contribution in [0.25, 0.3) is 10.9 Å². The number of hydrogen-bond acceptors (Lipinski definition) is 13. The number of fused-ring (bicyclic) bond motifs is 1. The number of carboxylic acid groups (broad SMARTS) is 1. The molecule has 2 saturated heterocycles. The van der Waals surface area contributed by atoms with Crippen molar-refractivity contribution in [2.75, 3.05) is 26.2 Å². The van der Waals surface area contributed by atoms with E-state index in [1.165, 1.54) is 47.9 Å². The number of phenols is 1. The van der Waals surface area contributed by atoms with Crippen LogP contribution in [0.15, 0.2) is 115 Å². The molecule has 9 atom stereocenters. The highest BCUT2D eigenvalue weighted by Gasteiger charge is 2.40. The molecule has 4 aromatic carbocycles. The van der Waals surface area contributed by atoms with Gasteiger partial charge in [-0.25, -0.2) is 4.79 Å². The Morgan fingerprint density at radius 2 is 1.10 bits per heavy atom. The van der Waals surface area contributed by atoms with Crippen molar-refractivity contribution in [1.29, 1.82) is 0 Å². The minimum atomic E-state index is -1.66. The lowest BCUT2D eigenvalue weighted by Gasteiger charge is -2.30. The minimum Gasteiger partial charge on any atom is -0.508 e. The number of carboxylic acids is 1. The Kier molecular flexibility index (Phi) is 21.5. The molecule has 440 valence electrons. The van der Waals surface area contributed by atoms with E-state index in [1.54, 1.807) is 54.7 Å². The SMILES string of the molecule is C[C@H](NC(=O)[C@@H]1CCCN1C(=O)[C@@H](N)Cc1ccccc1)C(=O)N[C@@H](C)C(=O)N1CCC[C@H]1C(=O)N[C@@H](Cc1ccccc1)C(=O)N[C@@H](CO)C(=O)NCC(=O)N[C@@H](Cc1c[nH]c2ccccc12)C(=O)N[C@@H](Cc1ccc(O)cc1)C(=O)O. The second-order valence-corrected chi connectivity index (χ2v) is 20.8. The second-order valence-electron chi connectivity index (χ2n) is 20.8. The summed E-state index contributed by atoms with van der Waals surface area (Å²) in [5.41, 5.74) is 9.59. The van der Waals surface area contributed by atoms with Gasteiger partial charge in [0.2, 0.25) is 53.2 Å².